The van der Waals surface area contributed by atoms with Crippen molar-refractivity contribution < 1.29 is 9.18 Å². The van der Waals surface area contributed by atoms with Gasteiger partial charge in [0.25, 0.3) is 0 Å². The topological polar surface area (TPSA) is 42.3 Å². The van der Waals surface area contributed by atoms with E-state index in [2.05, 4.69) is 9.98 Å². The van der Waals surface area contributed by atoms with Gasteiger partial charge in [-0.1, -0.05) is 18.2 Å². The van der Waals surface area contributed by atoms with Crippen molar-refractivity contribution in [2.45, 2.75) is 0 Å². The average molecular weight is 240 g/mol. The first-order valence-corrected chi connectivity index (χ1v) is 5.25. The maximum absolute atomic E-state index is 12.7. The van der Waals surface area contributed by atoms with Gasteiger partial charge in [0, 0.05) is 6.20 Å². The standard InChI is InChI=1S/C14H9FN2O/c15-12-4-1-11(2-5-12)3-6-13-9-14(17-10-18)7-8-16-13/h1-9H. The third kappa shape index (κ3) is 3.20. The van der Waals surface area contributed by atoms with Gasteiger partial charge in [0.05, 0.1) is 11.4 Å². The SMILES string of the molecule is O=C=Nc1ccnc(C=Cc2ccc(F)cc2)c1. The second kappa shape index (κ2) is 5.66. The zero-order chi connectivity index (χ0) is 12.8. The predicted molar refractivity (Wildman–Crippen MR) is 67.3 cm³/mol. The lowest BCUT2D eigenvalue weighted by Gasteiger charge is -1.95. The summed E-state index contributed by atoms with van der Waals surface area (Å²) in [6.45, 7) is 0. The van der Waals surface area contributed by atoms with E-state index in [1.165, 1.54) is 18.2 Å². The fraction of sp³-hybridized carbons (Fsp3) is 0. The predicted octanol–water partition coefficient (Wildman–Crippen LogP) is 3.36. The first-order valence-electron chi connectivity index (χ1n) is 5.25. The van der Waals surface area contributed by atoms with Crippen molar-refractivity contribution in [2.24, 2.45) is 4.99 Å². The molecule has 0 saturated heterocycles. The molecule has 0 radical (unpaired) electrons. The van der Waals surface area contributed by atoms with Gasteiger partial charge >= 0.3 is 0 Å². The molecule has 1 aromatic heterocycles. The van der Waals surface area contributed by atoms with Crippen LogP contribution in [0.25, 0.3) is 12.2 Å². The minimum Gasteiger partial charge on any atom is -0.257 e. The Labute approximate surface area is 103 Å². The van der Waals surface area contributed by atoms with E-state index in [-0.39, 0.29) is 5.82 Å². The number of hydrogen-bond donors (Lipinski definition) is 0. The van der Waals surface area contributed by atoms with E-state index in [1.54, 1.807) is 42.6 Å². The second-order valence-electron chi connectivity index (χ2n) is 3.53. The third-order valence-electron chi connectivity index (χ3n) is 2.26. The second-order valence-corrected chi connectivity index (χ2v) is 3.53. The van der Waals surface area contributed by atoms with E-state index in [0.717, 1.165) is 5.56 Å². The first-order chi connectivity index (χ1) is 8.78. The number of nitrogens with zero attached hydrogens (tertiary/aromatic N) is 2. The highest BCUT2D eigenvalue weighted by atomic mass is 19.1. The van der Waals surface area contributed by atoms with Gasteiger partial charge < -0.3 is 0 Å². The number of halogens is 1. The molecule has 0 amide bonds. The quantitative estimate of drug-likeness (QED) is 0.609. The molecule has 88 valence electrons. The Bertz CT molecular complexity index is 614. The highest BCUT2D eigenvalue weighted by Gasteiger charge is 1.93. The average Bonchev–Trinajstić information content (AvgIpc) is 2.39. The Kier molecular flexibility index (Phi) is 3.74. The molecule has 0 aliphatic heterocycles. The van der Waals surface area contributed by atoms with Crippen LogP contribution in [0, 0.1) is 5.82 Å². The summed E-state index contributed by atoms with van der Waals surface area (Å²) in [5.74, 6) is -0.271. The normalized spacial score (nSPS) is 10.3. The molecule has 1 heterocycles. The number of benzene rings is 1. The Morgan fingerprint density at radius 1 is 1.17 bits per heavy atom. The molecule has 2 aromatic rings. The van der Waals surface area contributed by atoms with Crippen molar-refractivity contribution in [3.63, 3.8) is 0 Å². The summed E-state index contributed by atoms with van der Waals surface area (Å²) in [4.78, 5) is 17.7. The molecule has 4 heteroatoms. The smallest absolute Gasteiger partial charge is 0.240 e. The van der Waals surface area contributed by atoms with Crippen LogP contribution in [0.15, 0.2) is 47.6 Å². The fourth-order valence-corrected chi connectivity index (χ4v) is 1.41. The minimum atomic E-state index is -0.271. The van der Waals surface area contributed by atoms with E-state index in [0.29, 0.717) is 11.4 Å². The Balaban J connectivity index is 2.20. The van der Waals surface area contributed by atoms with Crippen LogP contribution >= 0.6 is 0 Å². The van der Waals surface area contributed by atoms with E-state index in [9.17, 15) is 9.18 Å². The number of pyridine rings is 1. The van der Waals surface area contributed by atoms with Gasteiger partial charge in [-0.2, -0.15) is 4.99 Å². The highest BCUT2D eigenvalue weighted by Crippen LogP contribution is 2.13. The number of hydrogen-bond acceptors (Lipinski definition) is 3. The molecule has 0 fully saturated rings. The molecule has 0 bridgehead atoms. The van der Waals surface area contributed by atoms with E-state index in [4.69, 9.17) is 0 Å². The van der Waals surface area contributed by atoms with Gasteiger partial charge in [-0.25, -0.2) is 9.18 Å². The lowest BCUT2D eigenvalue weighted by Crippen LogP contribution is -1.79. The Morgan fingerprint density at radius 2 is 1.94 bits per heavy atom. The van der Waals surface area contributed by atoms with Crippen molar-refractivity contribution in [3.05, 3.63) is 59.7 Å². The first kappa shape index (κ1) is 11.9. The highest BCUT2D eigenvalue weighted by molar-refractivity contribution is 5.69. The van der Waals surface area contributed by atoms with Crippen LogP contribution in [0.3, 0.4) is 0 Å². The number of carbonyl (C=O) groups excluding carboxylic acids is 1. The molecule has 0 spiro atoms. The molecular formula is C14H9FN2O. The third-order valence-corrected chi connectivity index (χ3v) is 2.26. The molecule has 0 aliphatic carbocycles. The van der Waals surface area contributed by atoms with Gasteiger partial charge in [-0.15, -0.1) is 0 Å². The molecule has 2 rings (SSSR count). The lowest BCUT2D eigenvalue weighted by molar-refractivity contribution is 0.565. The maximum Gasteiger partial charge on any atom is 0.240 e. The number of aromatic nitrogens is 1. The zero-order valence-electron chi connectivity index (χ0n) is 9.38. The molecule has 0 aliphatic rings. The molecule has 18 heavy (non-hydrogen) atoms. The van der Waals surface area contributed by atoms with Gasteiger partial charge in [0.1, 0.15) is 5.82 Å². The summed E-state index contributed by atoms with van der Waals surface area (Å²) >= 11 is 0. The fourth-order valence-electron chi connectivity index (χ4n) is 1.41. The Hall–Kier alpha value is -2.58. The summed E-state index contributed by atoms with van der Waals surface area (Å²) in [6, 6.07) is 9.38. The van der Waals surface area contributed by atoms with Crippen molar-refractivity contribution in [3.8, 4) is 0 Å². The molecule has 0 atom stereocenters. The summed E-state index contributed by atoms with van der Waals surface area (Å²) in [5, 5.41) is 0. The van der Waals surface area contributed by atoms with Gasteiger partial charge in [-0.05, 0) is 35.9 Å². The molecular weight excluding hydrogens is 231 g/mol. The largest absolute Gasteiger partial charge is 0.257 e. The summed E-state index contributed by atoms with van der Waals surface area (Å²) in [7, 11) is 0. The van der Waals surface area contributed by atoms with Crippen molar-refractivity contribution >= 4 is 23.9 Å². The molecule has 0 unspecified atom stereocenters. The molecule has 0 N–H and O–H groups in total. The van der Waals surface area contributed by atoms with Crippen LogP contribution in [0.4, 0.5) is 10.1 Å². The Morgan fingerprint density at radius 3 is 2.67 bits per heavy atom. The van der Waals surface area contributed by atoms with Gasteiger partial charge in [0.2, 0.25) is 6.08 Å². The van der Waals surface area contributed by atoms with Crippen LogP contribution in [0.5, 0.6) is 0 Å². The number of isocyanates is 1. The monoisotopic (exact) mass is 240 g/mol. The molecule has 1 aromatic carbocycles. The van der Waals surface area contributed by atoms with Crippen molar-refractivity contribution in [1.29, 1.82) is 0 Å². The van der Waals surface area contributed by atoms with Crippen LogP contribution in [0.2, 0.25) is 0 Å². The van der Waals surface area contributed by atoms with Crippen LogP contribution < -0.4 is 0 Å². The van der Waals surface area contributed by atoms with Crippen LogP contribution in [0.1, 0.15) is 11.3 Å². The van der Waals surface area contributed by atoms with Crippen LogP contribution in [-0.4, -0.2) is 11.1 Å². The minimum absolute atomic E-state index is 0.271. The van der Waals surface area contributed by atoms with Crippen LogP contribution in [-0.2, 0) is 4.79 Å². The number of rotatable bonds is 3. The molecule has 0 saturated carbocycles. The summed E-state index contributed by atoms with van der Waals surface area (Å²) < 4.78 is 12.7. The summed E-state index contributed by atoms with van der Waals surface area (Å²) in [5.41, 5.74) is 2.03. The summed E-state index contributed by atoms with van der Waals surface area (Å²) in [6.07, 6.45) is 6.59. The van der Waals surface area contributed by atoms with E-state index >= 15 is 0 Å². The number of aliphatic imine (C=N–C) groups is 1. The van der Waals surface area contributed by atoms with E-state index < -0.39 is 0 Å². The zero-order valence-corrected chi connectivity index (χ0v) is 9.38. The van der Waals surface area contributed by atoms with Gasteiger partial charge in [-0.3, -0.25) is 4.98 Å². The van der Waals surface area contributed by atoms with Crippen molar-refractivity contribution in [2.75, 3.05) is 0 Å². The lowest BCUT2D eigenvalue weighted by atomic mass is 10.2. The van der Waals surface area contributed by atoms with E-state index in [1.807, 2.05) is 0 Å². The maximum atomic E-state index is 12.7. The van der Waals surface area contributed by atoms with Crippen molar-refractivity contribution in [1.82, 2.24) is 4.98 Å². The molecule has 3 nitrogen and oxygen atoms in total. The van der Waals surface area contributed by atoms with Gasteiger partial charge in [0.15, 0.2) is 0 Å².